The topological polar surface area (TPSA) is 96.9 Å². The molecule has 4 heterocycles. The molecule has 2 fully saturated rings. The number of hydrogen-bond acceptors (Lipinski definition) is 7. The minimum atomic E-state index is -0.418. The Bertz CT molecular complexity index is 1290. The van der Waals surface area contributed by atoms with Gasteiger partial charge in [0.05, 0.1) is 29.8 Å². The van der Waals surface area contributed by atoms with E-state index in [2.05, 4.69) is 35.6 Å². The highest BCUT2D eigenvalue weighted by atomic mass is 16.5. The number of nitriles is 1. The fourth-order valence-electron chi connectivity index (χ4n) is 5.66. The lowest BCUT2D eigenvalue weighted by atomic mass is 9.95. The van der Waals surface area contributed by atoms with Gasteiger partial charge in [0.1, 0.15) is 5.82 Å². The predicted octanol–water partition coefficient (Wildman–Crippen LogP) is 6.04. The Labute approximate surface area is 218 Å². The first-order valence-corrected chi connectivity index (χ1v) is 13.7. The maximum atomic E-state index is 12.9. The molecule has 37 heavy (non-hydrogen) atoms. The lowest BCUT2D eigenvalue weighted by Gasteiger charge is -2.30. The third-order valence-electron chi connectivity index (χ3n) is 7.70. The second kappa shape index (κ2) is 10.9. The van der Waals surface area contributed by atoms with E-state index in [0.717, 1.165) is 72.4 Å². The van der Waals surface area contributed by atoms with Crippen LogP contribution in [0.4, 0.5) is 5.82 Å². The lowest BCUT2D eigenvalue weighted by Crippen LogP contribution is -2.33. The van der Waals surface area contributed by atoms with Crippen LogP contribution >= 0.6 is 0 Å². The first-order chi connectivity index (χ1) is 18.0. The summed E-state index contributed by atoms with van der Waals surface area (Å²) in [5.74, 6) is 0.836. The minimum absolute atomic E-state index is 0.136. The van der Waals surface area contributed by atoms with E-state index in [0.29, 0.717) is 18.3 Å². The monoisotopic (exact) mass is 500 g/mol. The number of ether oxygens (including phenoxy) is 1. The summed E-state index contributed by atoms with van der Waals surface area (Å²) in [4.78, 5) is 24.7. The average molecular weight is 501 g/mol. The number of esters is 1. The minimum Gasteiger partial charge on any atom is -0.461 e. The molecule has 0 unspecified atom stereocenters. The van der Waals surface area contributed by atoms with Gasteiger partial charge in [-0.15, -0.1) is 0 Å². The SMILES string of the molecule is CCOC(=O)c1cc(-c2ccc(N3CCC(C#N)CC3)nc2)c2c(C(C)C)nn(C3CCCCC3)c2n1. The van der Waals surface area contributed by atoms with E-state index in [4.69, 9.17) is 19.8 Å². The fourth-order valence-corrected chi connectivity index (χ4v) is 5.66. The summed E-state index contributed by atoms with van der Waals surface area (Å²) >= 11 is 0. The van der Waals surface area contributed by atoms with Crippen LogP contribution in [-0.2, 0) is 4.74 Å². The first kappa shape index (κ1) is 25.2. The van der Waals surface area contributed by atoms with Crippen LogP contribution in [0.25, 0.3) is 22.2 Å². The summed E-state index contributed by atoms with van der Waals surface area (Å²) in [6.45, 7) is 8.09. The number of piperidine rings is 1. The van der Waals surface area contributed by atoms with Crippen molar-refractivity contribution in [3.05, 3.63) is 35.8 Å². The number of fused-ring (bicyclic) bond motifs is 1. The highest BCUT2D eigenvalue weighted by Gasteiger charge is 2.27. The van der Waals surface area contributed by atoms with Crippen molar-refractivity contribution in [2.75, 3.05) is 24.6 Å². The van der Waals surface area contributed by atoms with Crippen LogP contribution < -0.4 is 4.90 Å². The van der Waals surface area contributed by atoms with Gasteiger partial charge in [0, 0.05) is 30.8 Å². The molecule has 1 saturated carbocycles. The van der Waals surface area contributed by atoms with Crippen molar-refractivity contribution in [1.82, 2.24) is 19.7 Å². The molecule has 1 saturated heterocycles. The number of aromatic nitrogens is 4. The van der Waals surface area contributed by atoms with Crippen LogP contribution in [0.2, 0.25) is 0 Å². The van der Waals surface area contributed by atoms with Gasteiger partial charge in [-0.2, -0.15) is 10.4 Å². The number of hydrogen-bond donors (Lipinski definition) is 0. The number of rotatable bonds is 6. The molecule has 8 nitrogen and oxygen atoms in total. The molecular weight excluding hydrogens is 464 g/mol. The third-order valence-corrected chi connectivity index (χ3v) is 7.70. The normalized spacial score (nSPS) is 17.3. The molecule has 8 heteroatoms. The Balaban J connectivity index is 1.60. The zero-order valence-corrected chi connectivity index (χ0v) is 22.1. The van der Waals surface area contributed by atoms with Gasteiger partial charge in [-0.25, -0.2) is 19.4 Å². The molecule has 3 aromatic heterocycles. The smallest absolute Gasteiger partial charge is 0.357 e. The molecule has 3 aromatic rings. The van der Waals surface area contributed by atoms with Gasteiger partial charge in [0.15, 0.2) is 11.3 Å². The Kier molecular flexibility index (Phi) is 7.40. The summed E-state index contributed by atoms with van der Waals surface area (Å²) in [5, 5.41) is 15.3. The molecule has 1 aliphatic heterocycles. The molecule has 2 aliphatic rings. The first-order valence-electron chi connectivity index (χ1n) is 13.7. The molecule has 0 N–H and O–H groups in total. The summed E-state index contributed by atoms with van der Waals surface area (Å²) < 4.78 is 7.43. The van der Waals surface area contributed by atoms with E-state index in [1.807, 2.05) is 25.3 Å². The van der Waals surface area contributed by atoms with E-state index in [1.165, 1.54) is 19.3 Å². The molecule has 194 valence electrons. The molecule has 0 radical (unpaired) electrons. The summed E-state index contributed by atoms with van der Waals surface area (Å²) in [5.41, 5.74) is 3.92. The molecule has 0 amide bonds. The van der Waals surface area contributed by atoms with Crippen LogP contribution in [0.15, 0.2) is 24.4 Å². The van der Waals surface area contributed by atoms with Gasteiger partial charge in [-0.1, -0.05) is 33.1 Å². The maximum Gasteiger partial charge on any atom is 0.357 e. The second-order valence-corrected chi connectivity index (χ2v) is 10.5. The molecular formula is C29H36N6O2. The van der Waals surface area contributed by atoms with E-state index in [1.54, 1.807) is 0 Å². The van der Waals surface area contributed by atoms with Crippen molar-refractivity contribution in [2.45, 2.75) is 77.7 Å². The van der Waals surface area contributed by atoms with Crippen LogP contribution in [0.3, 0.4) is 0 Å². The van der Waals surface area contributed by atoms with Crippen LogP contribution in [0.5, 0.6) is 0 Å². The van der Waals surface area contributed by atoms with E-state index < -0.39 is 5.97 Å². The molecule has 0 bridgehead atoms. The van der Waals surface area contributed by atoms with Gasteiger partial charge < -0.3 is 9.64 Å². The van der Waals surface area contributed by atoms with E-state index in [9.17, 15) is 10.1 Å². The Hall–Kier alpha value is -3.47. The second-order valence-electron chi connectivity index (χ2n) is 10.5. The number of pyridine rings is 2. The van der Waals surface area contributed by atoms with Crippen molar-refractivity contribution < 1.29 is 9.53 Å². The van der Waals surface area contributed by atoms with E-state index >= 15 is 0 Å². The van der Waals surface area contributed by atoms with Crippen molar-refractivity contribution in [2.24, 2.45) is 5.92 Å². The summed E-state index contributed by atoms with van der Waals surface area (Å²) in [6.07, 6.45) is 9.40. The Morgan fingerprint density at radius 3 is 2.54 bits per heavy atom. The number of nitrogens with zero attached hydrogens (tertiary/aromatic N) is 6. The third kappa shape index (κ3) is 5.04. The van der Waals surface area contributed by atoms with Crippen molar-refractivity contribution >= 4 is 22.8 Å². The Morgan fingerprint density at radius 2 is 1.92 bits per heavy atom. The average Bonchev–Trinajstić information content (AvgIpc) is 3.33. The van der Waals surface area contributed by atoms with Crippen molar-refractivity contribution in [3.8, 4) is 17.2 Å². The number of carbonyl (C=O) groups is 1. The van der Waals surface area contributed by atoms with Crippen LogP contribution in [0.1, 0.15) is 93.9 Å². The number of anilines is 1. The van der Waals surface area contributed by atoms with Crippen molar-refractivity contribution in [1.29, 1.82) is 5.26 Å². The van der Waals surface area contributed by atoms with Crippen molar-refractivity contribution in [3.63, 3.8) is 0 Å². The zero-order chi connectivity index (χ0) is 25.9. The standard InChI is InChI=1S/C29H36N6O2/c1-4-37-29(36)24-16-23(21-10-11-25(31-18-21)34-14-12-20(17-30)13-15-34)26-27(19(2)3)33-35(28(26)32-24)22-8-6-5-7-9-22/h10-11,16,18-20,22H,4-9,12-15H2,1-3H3. The quantitative estimate of drug-likeness (QED) is 0.381. The molecule has 0 atom stereocenters. The summed E-state index contributed by atoms with van der Waals surface area (Å²) in [7, 11) is 0. The molecule has 5 rings (SSSR count). The summed E-state index contributed by atoms with van der Waals surface area (Å²) in [6, 6.07) is 8.63. The zero-order valence-electron chi connectivity index (χ0n) is 22.1. The molecule has 0 spiro atoms. The molecule has 1 aliphatic carbocycles. The van der Waals surface area contributed by atoms with E-state index in [-0.39, 0.29) is 11.8 Å². The lowest BCUT2D eigenvalue weighted by molar-refractivity contribution is 0.0520. The predicted molar refractivity (Wildman–Crippen MR) is 143 cm³/mol. The highest BCUT2D eigenvalue weighted by Crippen LogP contribution is 2.38. The van der Waals surface area contributed by atoms with Crippen LogP contribution in [0, 0.1) is 17.2 Å². The van der Waals surface area contributed by atoms with Gasteiger partial charge in [0.25, 0.3) is 0 Å². The fraction of sp³-hybridized carbons (Fsp3) is 0.552. The number of carbonyl (C=O) groups excluding carboxylic acids is 1. The largest absolute Gasteiger partial charge is 0.461 e. The molecule has 0 aromatic carbocycles. The van der Waals surface area contributed by atoms with Gasteiger partial charge >= 0.3 is 5.97 Å². The highest BCUT2D eigenvalue weighted by molar-refractivity contribution is 6.00. The van der Waals surface area contributed by atoms with Gasteiger partial charge in [-0.3, -0.25) is 0 Å². The Morgan fingerprint density at radius 1 is 1.16 bits per heavy atom. The maximum absolute atomic E-state index is 12.9. The van der Waals surface area contributed by atoms with Gasteiger partial charge in [-0.05, 0) is 62.3 Å². The van der Waals surface area contributed by atoms with Gasteiger partial charge in [0.2, 0.25) is 0 Å². The van der Waals surface area contributed by atoms with Crippen LogP contribution in [-0.4, -0.2) is 45.4 Å².